The van der Waals surface area contributed by atoms with Gasteiger partial charge in [-0.25, -0.2) is 0 Å². The van der Waals surface area contributed by atoms with Gasteiger partial charge in [0.2, 0.25) is 0 Å². The maximum atomic E-state index is 6.16. The Morgan fingerprint density at radius 3 is 2.85 bits per heavy atom. The SMILES string of the molecule is CCCC(N)C1CCC2CCC1O2. The van der Waals surface area contributed by atoms with Gasteiger partial charge in [0.1, 0.15) is 0 Å². The Morgan fingerprint density at radius 2 is 2.08 bits per heavy atom. The van der Waals surface area contributed by atoms with Crippen molar-refractivity contribution < 1.29 is 4.74 Å². The van der Waals surface area contributed by atoms with Gasteiger partial charge < -0.3 is 10.5 Å². The minimum atomic E-state index is 0.383. The Labute approximate surface area is 80.8 Å². The molecule has 2 heterocycles. The van der Waals surface area contributed by atoms with Crippen molar-refractivity contribution in [1.82, 2.24) is 0 Å². The predicted molar refractivity (Wildman–Crippen MR) is 53.5 cm³/mol. The van der Waals surface area contributed by atoms with Gasteiger partial charge in [0.25, 0.3) is 0 Å². The molecule has 4 unspecified atom stereocenters. The quantitative estimate of drug-likeness (QED) is 0.727. The molecule has 2 fully saturated rings. The van der Waals surface area contributed by atoms with Gasteiger partial charge in [0.05, 0.1) is 12.2 Å². The zero-order valence-electron chi connectivity index (χ0n) is 8.54. The van der Waals surface area contributed by atoms with E-state index in [1.165, 1.54) is 32.1 Å². The molecule has 0 amide bonds. The highest BCUT2D eigenvalue weighted by atomic mass is 16.5. The highest BCUT2D eigenvalue weighted by molar-refractivity contribution is 4.90. The first-order valence-corrected chi connectivity index (χ1v) is 5.72. The van der Waals surface area contributed by atoms with E-state index in [9.17, 15) is 0 Å². The van der Waals surface area contributed by atoms with E-state index in [1.807, 2.05) is 0 Å². The monoisotopic (exact) mass is 183 g/mol. The molecule has 2 bridgehead atoms. The topological polar surface area (TPSA) is 35.2 Å². The largest absolute Gasteiger partial charge is 0.375 e. The third kappa shape index (κ3) is 1.89. The molecule has 2 aliphatic rings. The molecule has 0 aromatic rings. The second-order valence-electron chi connectivity index (χ2n) is 4.57. The summed E-state index contributed by atoms with van der Waals surface area (Å²) < 4.78 is 5.90. The lowest BCUT2D eigenvalue weighted by Gasteiger charge is -2.33. The maximum Gasteiger partial charge on any atom is 0.0622 e. The number of fused-ring (bicyclic) bond motifs is 2. The van der Waals surface area contributed by atoms with Crippen molar-refractivity contribution in [3.05, 3.63) is 0 Å². The van der Waals surface area contributed by atoms with Crippen LogP contribution < -0.4 is 5.73 Å². The molecule has 2 nitrogen and oxygen atoms in total. The minimum absolute atomic E-state index is 0.383. The highest BCUT2D eigenvalue weighted by Gasteiger charge is 2.38. The molecular weight excluding hydrogens is 162 g/mol. The number of hydrogen-bond donors (Lipinski definition) is 1. The molecule has 13 heavy (non-hydrogen) atoms. The molecule has 76 valence electrons. The molecule has 0 aromatic carbocycles. The van der Waals surface area contributed by atoms with E-state index in [4.69, 9.17) is 10.5 Å². The smallest absolute Gasteiger partial charge is 0.0622 e. The van der Waals surface area contributed by atoms with Crippen molar-refractivity contribution in [3.8, 4) is 0 Å². The maximum absolute atomic E-state index is 6.16. The lowest BCUT2D eigenvalue weighted by Crippen LogP contribution is -2.40. The Morgan fingerprint density at radius 1 is 1.31 bits per heavy atom. The van der Waals surface area contributed by atoms with Gasteiger partial charge >= 0.3 is 0 Å². The molecule has 0 aromatic heterocycles. The Hall–Kier alpha value is -0.0800. The molecule has 0 aliphatic carbocycles. The fraction of sp³-hybridized carbons (Fsp3) is 1.00. The predicted octanol–water partition coefficient (Wildman–Crippen LogP) is 2.07. The zero-order valence-corrected chi connectivity index (χ0v) is 8.54. The Kier molecular flexibility index (Phi) is 2.89. The summed E-state index contributed by atoms with van der Waals surface area (Å²) in [6.07, 6.45) is 8.53. The van der Waals surface area contributed by atoms with Crippen molar-refractivity contribution in [2.75, 3.05) is 0 Å². The molecule has 0 radical (unpaired) electrons. The van der Waals surface area contributed by atoms with E-state index in [1.54, 1.807) is 0 Å². The number of rotatable bonds is 3. The summed E-state index contributed by atoms with van der Waals surface area (Å²) in [5.74, 6) is 0.652. The first-order chi connectivity index (χ1) is 6.31. The van der Waals surface area contributed by atoms with E-state index >= 15 is 0 Å². The Bertz CT molecular complexity index is 171. The van der Waals surface area contributed by atoms with Crippen LogP contribution in [-0.4, -0.2) is 18.2 Å². The number of nitrogens with two attached hydrogens (primary N) is 1. The van der Waals surface area contributed by atoms with Crippen LogP contribution in [0, 0.1) is 5.92 Å². The summed E-state index contributed by atoms with van der Waals surface area (Å²) in [5, 5.41) is 0. The van der Waals surface area contributed by atoms with Crippen LogP contribution in [0.3, 0.4) is 0 Å². The van der Waals surface area contributed by atoms with E-state index in [2.05, 4.69) is 6.92 Å². The molecule has 0 spiro atoms. The average Bonchev–Trinajstić information content (AvgIpc) is 2.48. The lowest BCUT2D eigenvalue weighted by atomic mass is 9.86. The van der Waals surface area contributed by atoms with Crippen LogP contribution in [0.15, 0.2) is 0 Å². The van der Waals surface area contributed by atoms with Crippen molar-refractivity contribution in [2.45, 2.75) is 63.7 Å². The minimum Gasteiger partial charge on any atom is -0.375 e. The molecular formula is C11H21NO. The highest BCUT2D eigenvalue weighted by Crippen LogP contribution is 2.38. The lowest BCUT2D eigenvalue weighted by molar-refractivity contribution is -0.0399. The summed E-state index contributed by atoms with van der Waals surface area (Å²) in [6, 6.07) is 0.383. The fourth-order valence-corrected chi connectivity index (χ4v) is 2.86. The van der Waals surface area contributed by atoms with Gasteiger partial charge in [0.15, 0.2) is 0 Å². The molecule has 2 N–H and O–H groups in total. The van der Waals surface area contributed by atoms with Crippen LogP contribution in [0.4, 0.5) is 0 Å². The van der Waals surface area contributed by atoms with Crippen LogP contribution in [0.5, 0.6) is 0 Å². The van der Waals surface area contributed by atoms with Gasteiger partial charge in [-0.05, 0) is 32.1 Å². The van der Waals surface area contributed by atoms with Crippen molar-refractivity contribution in [1.29, 1.82) is 0 Å². The van der Waals surface area contributed by atoms with E-state index in [-0.39, 0.29) is 0 Å². The van der Waals surface area contributed by atoms with Crippen molar-refractivity contribution in [2.24, 2.45) is 11.7 Å². The average molecular weight is 183 g/mol. The van der Waals surface area contributed by atoms with Crippen LogP contribution in [0.2, 0.25) is 0 Å². The molecule has 2 aliphatic heterocycles. The standard InChI is InChI=1S/C11H21NO/c1-2-3-10(12)9-6-4-8-5-7-11(9)13-8/h8-11H,2-7,12H2,1H3. The third-order valence-corrected chi connectivity index (χ3v) is 3.61. The van der Waals surface area contributed by atoms with Crippen LogP contribution >= 0.6 is 0 Å². The summed E-state index contributed by atoms with van der Waals surface area (Å²) >= 11 is 0. The molecule has 0 saturated carbocycles. The molecule has 2 saturated heterocycles. The second kappa shape index (κ2) is 3.97. The van der Waals surface area contributed by atoms with Gasteiger partial charge in [-0.15, -0.1) is 0 Å². The second-order valence-corrected chi connectivity index (χ2v) is 4.57. The van der Waals surface area contributed by atoms with Gasteiger partial charge in [-0.2, -0.15) is 0 Å². The van der Waals surface area contributed by atoms with Crippen LogP contribution in [-0.2, 0) is 4.74 Å². The summed E-state index contributed by atoms with van der Waals surface area (Å²) in [5.41, 5.74) is 6.16. The molecule has 2 rings (SSSR count). The van der Waals surface area contributed by atoms with Gasteiger partial charge in [-0.3, -0.25) is 0 Å². The van der Waals surface area contributed by atoms with Crippen molar-refractivity contribution in [3.63, 3.8) is 0 Å². The van der Waals surface area contributed by atoms with Crippen LogP contribution in [0.25, 0.3) is 0 Å². The van der Waals surface area contributed by atoms with E-state index < -0.39 is 0 Å². The third-order valence-electron chi connectivity index (χ3n) is 3.61. The Balaban J connectivity index is 1.91. The van der Waals surface area contributed by atoms with E-state index in [0.717, 1.165) is 6.42 Å². The summed E-state index contributed by atoms with van der Waals surface area (Å²) in [7, 11) is 0. The van der Waals surface area contributed by atoms with Crippen LogP contribution in [0.1, 0.15) is 45.4 Å². The normalized spacial score (nSPS) is 40.6. The number of ether oxygens (including phenoxy) is 1. The fourth-order valence-electron chi connectivity index (χ4n) is 2.86. The first-order valence-electron chi connectivity index (χ1n) is 5.72. The first kappa shape index (κ1) is 9.47. The van der Waals surface area contributed by atoms with Gasteiger partial charge in [0, 0.05) is 12.0 Å². The molecule has 2 heteroatoms. The summed E-state index contributed by atoms with van der Waals surface area (Å²) in [6.45, 7) is 2.21. The zero-order chi connectivity index (χ0) is 9.26. The summed E-state index contributed by atoms with van der Waals surface area (Å²) in [4.78, 5) is 0. The van der Waals surface area contributed by atoms with Crippen molar-refractivity contribution >= 4 is 0 Å². The number of hydrogen-bond acceptors (Lipinski definition) is 2. The molecule has 4 atom stereocenters. The van der Waals surface area contributed by atoms with E-state index in [0.29, 0.717) is 24.2 Å². The van der Waals surface area contributed by atoms with Gasteiger partial charge in [-0.1, -0.05) is 13.3 Å².